The summed E-state index contributed by atoms with van der Waals surface area (Å²) in [5, 5.41) is 4.15. The van der Waals surface area contributed by atoms with Gasteiger partial charge in [0, 0.05) is 31.9 Å². The molecule has 1 fully saturated rings. The Morgan fingerprint density at radius 2 is 2.00 bits per heavy atom. The SMILES string of the molecule is Cn1cc(C2CN(S(=O)(=O)c3ccc4c(c3)CCCC4)CCO2)cn1. The normalized spacial score (nSPS) is 21.9. The number of fused-ring (bicyclic) bond motifs is 1. The van der Waals surface area contributed by atoms with E-state index in [1.807, 2.05) is 25.4 Å². The van der Waals surface area contributed by atoms with E-state index >= 15 is 0 Å². The van der Waals surface area contributed by atoms with E-state index < -0.39 is 10.0 Å². The largest absolute Gasteiger partial charge is 0.371 e. The van der Waals surface area contributed by atoms with Crippen LogP contribution >= 0.6 is 0 Å². The number of aryl methyl sites for hydroxylation is 3. The van der Waals surface area contributed by atoms with Crippen molar-refractivity contribution in [1.29, 1.82) is 0 Å². The third kappa shape index (κ3) is 3.23. The maximum atomic E-state index is 13.1. The molecule has 7 heteroatoms. The fourth-order valence-corrected chi connectivity index (χ4v) is 5.15. The first-order valence-corrected chi connectivity index (χ1v) is 10.2. The summed E-state index contributed by atoms with van der Waals surface area (Å²) in [6, 6.07) is 5.62. The molecule has 25 heavy (non-hydrogen) atoms. The van der Waals surface area contributed by atoms with Gasteiger partial charge < -0.3 is 4.74 Å². The zero-order valence-electron chi connectivity index (χ0n) is 14.4. The van der Waals surface area contributed by atoms with E-state index in [-0.39, 0.29) is 6.10 Å². The molecule has 0 spiro atoms. The summed E-state index contributed by atoms with van der Waals surface area (Å²) in [7, 11) is -1.66. The van der Waals surface area contributed by atoms with Crippen molar-refractivity contribution in [2.75, 3.05) is 19.7 Å². The Morgan fingerprint density at radius 3 is 2.76 bits per heavy atom. The van der Waals surface area contributed by atoms with Gasteiger partial charge in [-0.15, -0.1) is 0 Å². The number of rotatable bonds is 3. The summed E-state index contributed by atoms with van der Waals surface area (Å²) in [5.74, 6) is 0. The van der Waals surface area contributed by atoms with Gasteiger partial charge in [-0.05, 0) is 48.9 Å². The first kappa shape index (κ1) is 16.8. The molecule has 0 bridgehead atoms. The van der Waals surface area contributed by atoms with E-state index in [1.165, 1.54) is 17.5 Å². The van der Waals surface area contributed by atoms with Gasteiger partial charge in [0.15, 0.2) is 0 Å². The molecule has 1 aliphatic heterocycles. The summed E-state index contributed by atoms with van der Waals surface area (Å²) in [4.78, 5) is 0.403. The van der Waals surface area contributed by atoms with Crippen LogP contribution in [0.1, 0.15) is 35.6 Å². The van der Waals surface area contributed by atoms with Gasteiger partial charge in [-0.1, -0.05) is 6.07 Å². The van der Waals surface area contributed by atoms with Gasteiger partial charge in [-0.3, -0.25) is 4.68 Å². The molecular formula is C18H23N3O3S. The van der Waals surface area contributed by atoms with Gasteiger partial charge in [0.1, 0.15) is 0 Å². The highest BCUT2D eigenvalue weighted by Gasteiger charge is 2.32. The summed E-state index contributed by atoms with van der Waals surface area (Å²) >= 11 is 0. The number of benzene rings is 1. The van der Waals surface area contributed by atoms with E-state index in [0.717, 1.165) is 24.8 Å². The fourth-order valence-electron chi connectivity index (χ4n) is 3.67. The van der Waals surface area contributed by atoms with Crippen LogP contribution in [-0.4, -0.2) is 42.2 Å². The third-order valence-electron chi connectivity index (χ3n) is 5.08. The van der Waals surface area contributed by atoms with Crippen LogP contribution in [0.5, 0.6) is 0 Å². The van der Waals surface area contributed by atoms with Crippen LogP contribution in [0, 0.1) is 0 Å². The van der Waals surface area contributed by atoms with Gasteiger partial charge in [0.05, 0.1) is 23.8 Å². The van der Waals surface area contributed by atoms with E-state index in [2.05, 4.69) is 5.10 Å². The molecule has 2 aromatic rings. The molecule has 1 aliphatic carbocycles. The Labute approximate surface area is 148 Å². The zero-order valence-corrected chi connectivity index (χ0v) is 15.2. The molecule has 2 heterocycles. The van der Waals surface area contributed by atoms with Crippen molar-refractivity contribution < 1.29 is 13.2 Å². The van der Waals surface area contributed by atoms with Crippen LogP contribution in [0.3, 0.4) is 0 Å². The summed E-state index contributed by atoms with van der Waals surface area (Å²) in [6.07, 6.45) is 7.69. The zero-order chi connectivity index (χ0) is 17.4. The highest BCUT2D eigenvalue weighted by atomic mass is 32.2. The Bertz CT molecular complexity index is 875. The van der Waals surface area contributed by atoms with Crippen LogP contribution in [0.2, 0.25) is 0 Å². The summed E-state index contributed by atoms with van der Waals surface area (Å²) in [6.45, 7) is 1.10. The Kier molecular flexibility index (Phi) is 4.39. The topological polar surface area (TPSA) is 64.4 Å². The number of aromatic nitrogens is 2. The van der Waals surface area contributed by atoms with Gasteiger partial charge in [0.25, 0.3) is 0 Å². The van der Waals surface area contributed by atoms with Crippen LogP contribution in [-0.2, 0) is 34.6 Å². The number of morpholine rings is 1. The average Bonchev–Trinajstić information content (AvgIpc) is 3.08. The minimum atomic E-state index is -3.50. The number of nitrogens with zero attached hydrogens (tertiary/aromatic N) is 3. The third-order valence-corrected chi connectivity index (χ3v) is 6.94. The van der Waals surface area contributed by atoms with E-state index in [1.54, 1.807) is 21.3 Å². The highest BCUT2D eigenvalue weighted by Crippen LogP contribution is 2.29. The van der Waals surface area contributed by atoms with Crippen molar-refractivity contribution >= 4 is 10.0 Å². The van der Waals surface area contributed by atoms with Gasteiger partial charge in [-0.2, -0.15) is 9.40 Å². The lowest BCUT2D eigenvalue weighted by Gasteiger charge is -2.32. The number of ether oxygens (including phenoxy) is 1. The number of sulfonamides is 1. The second-order valence-electron chi connectivity index (χ2n) is 6.81. The fraction of sp³-hybridized carbons (Fsp3) is 0.500. The lowest BCUT2D eigenvalue weighted by Crippen LogP contribution is -2.42. The van der Waals surface area contributed by atoms with E-state index in [4.69, 9.17) is 4.74 Å². The lowest BCUT2D eigenvalue weighted by atomic mass is 9.92. The maximum absolute atomic E-state index is 13.1. The van der Waals surface area contributed by atoms with Crippen molar-refractivity contribution in [2.45, 2.75) is 36.7 Å². The van der Waals surface area contributed by atoms with Crippen LogP contribution < -0.4 is 0 Å². The molecule has 1 unspecified atom stereocenters. The Hall–Kier alpha value is -1.70. The van der Waals surface area contributed by atoms with Crippen LogP contribution in [0.25, 0.3) is 0 Å². The molecule has 0 N–H and O–H groups in total. The Balaban J connectivity index is 1.59. The molecule has 4 rings (SSSR count). The van der Waals surface area contributed by atoms with Crippen LogP contribution in [0.15, 0.2) is 35.5 Å². The van der Waals surface area contributed by atoms with Gasteiger partial charge in [-0.25, -0.2) is 8.42 Å². The first-order valence-electron chi connectivity index (χ1n) is 8.76. The molecule has 134 valence electrons. The second-order valence-corrected chi connectivity index (χ2v) is 8.75. The van der Waals surface area contributed by atoms with Crippen molar-refractivity contribution in [1.82, 2.24) is 14.1 Å². The molecule has 6 nitrogen and oxygen atoms in total. The first-order chi connectivity index (χ1) is 12.0. The minimum absolute atomic E-state index is 0.269. The second kappa shape index (κ2) is 6.55. The molecule has 1 aromatic heterocycles. The molecule has 1 atom stereocenters. The quantitative estimate of drug-likeness (QED) is 0.839. The summed E-state index contributed by atoms with van der Waals surface area (Å²) in [5.41, 5.74) is 3.39. The van der Waals surface area contributed by atoms with Crippen molar-refractivity contribution in [2.24, 2.45) is 7.05 Å². The van der Waals surface area contributed by atoms with E-state index in [9.17, 15) is 8.42 Å². The monoisotopic (exact) mass is 361 g/mol. The van der Waals surface area contributed by atoms with Crippen LogP contribution in [0.4, 0.5) is 0 Å². The minimum Gasteiger partial charge on any atom is -0.371 e. The number of hydrogen-bond donors (Lipinski definition) is 0. The lowest BCUT2D eigenvalue weighted by molar-refractivity contribution is -0.00259. The predicted molar refractivity (Wildman–Crippen MR) is 93.7 cm³/mol. The standard InChI is InChI=1S/C18H23N3O3S/c1-20-12-16(11-19-20)18-13-21(8-9-24-18)25(22,23)17-7-6-14-4-2-3-5-15(14)10-17/h6-7,10-12,18H,2-5,8-9,13H2,1H3. The van der Waals surface area contributed by atoms with Crippen molar-refractivity contribution in [3.63, 3.8) is 0 Å². The molecule has 0 saturated carbocycles. The molecule has 2 aliphatic rings. The molecule has 1 aromatic carbocycles. The van der Waals surface area contributed by atoms with E-state index in [0.29, 0.717) is 24.6 Å². The molecule has 1 saturated heterocycles. The maximum Gasteiger partial charge on any atom is 0.243 e. The molecular weight excluding hydrogens is 338 g/mol. The van der Waals surface area contributed by atoms with Crippen molar-refractivity contribution in [3.05, 3.63) is 47.3 Å². The highest BCUT2D eigenvalue weighted by molar-refractivity contribution is 7.89. The summed E-state index contributed by atoms with van der Waals surface area (Å²) < 4.78 is 35.2. The van der Waals surface area contributed by atoms with Gasteiger partial charge in [0.2, 0.25) is 10.0 Å². The smallest absolute Gasteiger partial charge is 0.243 e. The average molecular weight is 361 g/mol. The number of hydrogen-bond acceptors (Lipinski definition) is 4. The molecule has 0 amide bonds. The van der Waals surface area contributed by atoms with Crippen molar-refractivity contribution in [3.8, 4) is 0 Å². The molecule has 0 radical (unpaired) electrons. The predicted octanol–water partition coefficient (Wildman–Crippen LogP) is 2.06. The Morgan fingerprint density at radius 1 is 1.20 bits per heavy atom. The van der Waals surface area contributed by atoms with Gasteiger partial charge >= 0.3 is 0 Å².